The summed E-state index contributed by atoms with van der Waals surface area (Å²) in [5, 5.41) is 3.36. The van der Waals surface area contributed by atoms with Gasteiger partial charge in [0.1, 0.15) is 5.75 Å². The highest BCUT2D eigenvalue weighted by atomic mass is 32.1. The first-order valence-corrected chi connectivity index (χ1v) is 12.1. The number of carbonyl (C=O) groups is 1. The van der Waals surface area contributed by atoms with E-state index in [-0.39, 0.29) is 11.9 Å². The molecule has 1 unspecified atom stereocenters. The summed E-state index contributed by atoms with van der Waals surface area (Å²) in [5.74, 6) is 1.10. The molecule has 0 spiro atoms. The van der Waals surface area contributed by atoms with Crippen LogP contribution in [0.2, 0.25) is 0 Å². The number of H-pyrrole nitrogens is 1. The summed E-state index contributed by atoms with van der Waals surface area (Å²) in [6.07, 6.45) is 3.28. The number of amides is 1. The van der Waals surface area contributed by atoms with Crippen LogP contribution in [-0.4, -0.2) is 29.4 Å². The van der Waals surface area contributed by atoms with E-state index >= 15 is 0 Å². The Hall–Kier alpha value is -3.05. The standard InChI is InChI=1S/C27H28N2O2S/c1-18-17-19(12-13-24(18)31-2)27-26-22(21-9-3-4-10-23(21)28-26)14-15-29(27)25(30)11-5-7-20-8-6-16-32-20/h3-4,6,8-10,12-13,16-17,27-28H,5,7,11,14-15H2,1-2H3. The van der Waals surface area contributed by atoms with Gasteiger partial charge in [-0.25, -0.2) is 0 Å². The van der Waals surface area contributed by atoms with Crippen molar-refractivity contribution < 1.29 is 9.53 Å². The molecule has 1 aliphatic heterocycles. The van der Waals surface area contributed by atoms with Gasteiger partial charge in [0.05, 0.1) is 13.2 Å². The fourth-order valence-electron chi connectivity index (χ4n) is 4.94. The first kappa shape index (κ1) is 20.8. The SMILES string of the molecule is COc1ccc(C2c3[nH]c4ccccc4c3CCN2C(=O)CCCc2cccs2)cc1C. The summed E-state index contributed by atoms with van der Waals surface area (Å²) in [4.78, 5) is 20.5. The number of ether oxygens (including phenoxy) is 1. The third-order valence-corrected chi connectivity index (χ3v) is 7.42. The van der Waals surface area contributed by atoms with Crippen LogP contribution in [-0.2, 0) is 17.6 Å². The number of hydrogen-bond donors (Lipinski definition) is 1. The normalized spacial score (nSPS) is 15.7. The lowest BCUT2D eigenvalue weighted by molar-refractivity contribution is -0.133. The first-order chi connectivity index (χ1) is 15.7. The van der Waals surface area contributed by atoms with Gasteiger partial charge in [0.2, 0.25) is 5.91 Å². The van der Waals surface area contributed by atoms with Crippen LogP contribution in [0.3, 0.4) is 0 Å². The number of para-hydroxylation sites is 1. The highest BCUT2D eigenvalue weighted by molar-refractivity contribution is 7.09. The number of nitrogens with one attached hydrogen (secondary N) is 1. The minimum Gasteiger partial charge on any atom is -0.496 e. The predicted molar refractivity (Wildman–Crippen MR) is 131 cm³/mol. The number of aromatic nitrogens is 1. The molecular weight excluding hydrogens is 416 g/mol. The van der Waals surface area contributed by atoms with E-state index in [1.165, 1.54) is 15.8 Å². The molecule has 5 rings (SSSR count). The minimum absolute atomic E-state index is 0.106. The lowest BCUT2D eigenvalue weighted by Gasteiger charge is -2.36. The number of benzene rings is 2. The maximum Gasteiger partial charge on any atom is 0.223 e. The van der Waals surface area contributed by atoms with Crippen molar-refractivity contribution in [2.45, 2.75) is 38.6 Å². The maximum absolute atomic E-state index is 13.4. The van der Waals surface area contributed by atoms with Crippen LogP contribution in [0.1, 0.15) is 46.1 Å². The van der Waals surface area contributed by atoms with E-state index in [4.69, 9.17) is 4.74 Å². The summed E-state index contributed by atoms with van der Waals surface area (Å²) in [6.45, 7) is 2.80. The van der Waals surface area contributed by atoms with Crippen molar-refractivity contribution in [1.29, 1.82) is 0 Å². The quantitative estimate of drug-likeness (QED) is 0.394. The van der Waals surface area contributed by atoms with Crippen molar-refractivity contribution in [2.75, 3.05) is 13.7 Å². The Morgan fingerprint density at radius 1 is 1.19 bits per heavy atom. The van der Waals surface area contributed by atoms with Crippen molar-refractivity contribution in [3.8, 4) is 5.75 Å². The first-order valence-electron chi connectivity index (χ1n) is 11.2. The van der Waals surface area contributed by atoms with E-state index < -0.39 is 0 Å². The zero-order valence-electron chi connectivity index (χ0n) is 18.6. The topological polar surface area (TPSA) is 45.3 Å². The van der Waals surface area contributed by atoms with Gasteiger partial charge in [-0.15, -0.1) is 11.3 Å². The predicted octanol–water partition coefficient (Wildman–Crippen LogP) is 6.04. The van der Waals surface area contributed by atoms with Crippen LogP contribution in [0.5, 0.6) is 5.75 Å². The van der Waals surface area contributed by atoms with E-state index in [2.05, 4.69) is 70.7 Å². The van der Waals surface area contributed by atoms with Gasteiger partial charge in [-0.05, 0) is 72.5 Å². The number of thiophene rings is 1. The lowest BCUT2D eigenvalue weighted by atomic mass is 9.91. The molecule has 0 bridgehead atoms. The number of hydrogen-bond acceptors (Lipinski definition) is 3. The van der Waals surface area contributed by atoms with E-state index in [1.54, 1.807) is 18.4 Å². The van der Waals surface area contributed by atoms with Gasteiger partial charge >= 0.3 is 0 Å². The maximum atomic E-state index is 13.4. The molecule has 0 saturated heterocycles. The summed E-state index contributed by atoms with van der Waals surface area (Å²) >= 11 is 1.76. The third-order valence-electron chi connectivity index (χ3n) is 6.48. The molecule has 1 atom stereocenters. The minimum atomic E-state index is -0.106. The van der Waals surface area contributed by atoms with E-state index in [1.807, 2.05) is 6.07 Å². The van der Waals surface area contributed by atoms with Gasteiger partial charge < -0.3 is 14.6 Å². The van der Waals surface area contributed by atoms with Crippen LogP contribution in [0, 0.1) is 6.92 Å². The Kier molecular flexibility index (Phi) is 5.75. The average Bonchev–Trinajstić information content (AvgIpc) is 3.46. The van der Waals surface area contributed by atoms with Crippen LogP contribution in [0.4, 0.5) is 0 Å². The Morgan fingerprint density at radius 3 is 2.84 bits per heavy atom. The van der Waals surface area contributed by atoms with Crippen molar-refractivity contribution in [1.82, 2.24) is 9.88 Å². The monoisotopic (exact) mass is 444 g/mol. The van der Waals surface area contributed by atoms with Crippen LogP contribution >= 0.6 is 11.3 Å². The number of aryl methyl sites for hydroxylation is 2. The van der Waals surface area contributed by atoms with Gasteiger partial charge in [-0.1, -0.05) is 30.3 Å². The molecule has 0 radical (unpaired) electrons. The Morgan fingerprint density at radius 2 is 2.06 bits per heavy atom. The number of fused-ring (bicyclic) bond motifs is 3. The van der Waals surface area contributed by atoms with Crippen LogP contribution in [0.25, 0.3) is 10.9 Å². The highest BCUT2D eigenvalue weighted by Gasteiger charge is 2.34. The Bertz CT molecular complexity index is 1240. The summed E-state index contributed by atoms with van der Waals surface area (Å²) in [7, 11) is 1.70. The molecule has 1 aliphatic rings. The largest absolute Gasteiger partial charge is 0.496 e. The second-order valence-electron chi connectivity index (χ2n) is 8.46. The molecule has 0 aliphatic carbocycles. The molecular formula is C27H28N2O2S. The fourth-order valence-corrected chi connectivity index (χ4v) is 5.69. The Labute approximate surface area is 192 Å². The number of nitrogens with zero attached hydrogens (tertiary/aromatic N) is 1. The molecule has 32 heavy (non-hydrogen) atoms. The smallest absolute Gasteiger partial charge is 0.223 e. The van der Waals surface area contributed by atoms with Gasteiger partial charge in [-0.2, -0.15) is 0 Å². The summed E-state index contributed by atoms with van der Waals surface area (Å²) in [5.41, 5.74) is 5.83. The molecule has 5 heteroatoms. The molecule has 1 N–H and O–H groups in total. The molecule has 1 amide bonds. The second kappa shape index (κ2) is 8.83. The number of methoxy groups -OCH3 is 1. The average molecular weight is 445 g/mol. The van der Waals surface area contributed by atoms with Crippen molar-refractivity contribution in [3.05, 3.63) is 87.2 Å². The lowest BCUT2D eigenvalue weighted by Crippen LogP contribution is -2.40. The number of aromatic amines is 1. The van der Waals surface area contributed by atoms with E-state index in [0.717, 1.165) is 53.9 Å². The summed E-state index contributed by atoms with van der Waals surface area (Å²) in [6, 6.07) is 18.8. The van der Waals surface area contributed by atoms with Crippen LogP contribution < -0.4 is 4.74 Å². The van der Waals surface area contributed by atoms with Gasteiger partial charge in [0, 0.05) is 34.4 Å². The van der Waals surface area contributed by atoms with Crippen molar-refractivity contribution in [3.63, 3.8) is 0 Å². The molecule has 0 saturated carbocycles. The number of carbonyl (C=O) groups excluding carboxylic acids is 1. The van der Waals surface area contributed by atoms with E-state index in [9.17, 15) is 4.79 Å². The fraction of sp³-hybridized carbons (Fsp3) is 0.296. The molecule has 4 nitrogen and oxygen atoms in total. The molecule has 3 heterocycles. The molecule has 2 aromatic heterocycles. The van der Waals surface area contributed by atoms with Crippen LogP contribution in [0.15, 0.2) is 60.0 Å². The zero-order chi connectivity index (χ0) is 22.1. The molecule has 164 valence electrons. The molecule has 2 aromatic carbocycles. The van der Waals surface area contributed by atoms with Gasteiger partial charge in [-0.3, -0.25) is 4.79 Å². The molecule has 0 fully saturated rings. The van der Waals surface area contributed by atoms with Gasteiger partial charge in [0.25, 0.3) is 0 Å². The second-order valence-corrected chi connectivity index (χ2v) is 9.50. The summed E-state index contributed by atoms with van der Waals surface area (Å²) < 4.78 is 5.48. The van der Waals surface area contributed by atoms with E-state index in [0.29, 0.717) is 6.42 Å². The van der Waals surface area contributed by atoms with Crippen molar-refractivity contribution >= 4 is 28.1 Å². The number of rotatable bonds is 6. The highest BCUT2D eigenvalue weighted by Crippen LogP contribution is 2.39. The molecule has 4 aromatic rings. The van der Waals surface area contributed by atoms with Crippen molar-refractivity contribution in [2.24, 2.45) is 0 Å². The van der Waals surface area contributed by atoms with Gasteiger partial charge in [0.15, 0.2) is 0 Å². The zero-order valence-corrected chi connectivity index (χ0v) is 19.4. The third kappa shape index (κ3) is 3.82. The Balaban J connectivity index is 1.49.